The highest BCUT2D eigenvalue weighted by Crippen LogP contribution is 2.19. The number of amides is 2. The third kappa shape index (κ3) is 3.99. The predicted octanol–water partition coefficient (Wildman–Crippen LogP) is 1.86. The van der Waals surface area contributed by atoms with Crippen molar-refractivity contribution in [1.29, 1.82) is 0 Å². The highest BCUT2D eigenvalue weighted by atomic mass is 32.2. The molecule has 4 nitrogen and oxygen atoms in total. The molecule has 0 spiro atoms. The van der Waals surface area contributed by atoms with Crippen molar-refractivity contribution in [3.63, 3.8) is 0 Å². The molecule has 102 valence electrons. The van der Waals surface area contributed by atoms with Gasteiger partial charge in [0, 0.05) is 24.4 Å². The Labute approximate surface area is 117 Å². The van der Waals surface area contributed by atoms with Crippen LogP contribution in [0.15, 0.2) is 18.2 Å². The van der Waals surface area contributed by atoms with E-state index < -0.39 is 0 Å². The average molecular weight is 278 g/mol. The van der Waals surface area contributed by atoms with Crippen molar-refractivity contribution in [3.8, 4) is 0 Å². The third-order valence-corrected chi connectivity index (χ3v) is 4.11. The molecule has 0 aliphatic carbocycles. The smallest absolute Gasteiger partial charge is 0.233 e. The normalized spacial score (nSPS) is 18.8. The maximum Gasteiger partial charge on any atom is 0.233 e. The summed E-state index contributed by atoms with van der Waals surface area (Å²) in [6.45, 7) is 4.68. The lowest BCUT2D eigenvalue weighted by Gasteiger charge is -2.20. The quantitative estimate of drug-likeness (QED) is 0.887. The van der Waals surface area contributed by atoms with E-state index in [1.165, 1.54) is 0 Å². The van der Waals surface area contributed by atoms with Crippen LogP contribution in [0.2, 0.25) is 0 Å². The summed E-state index contributed by atoms with van der Waals surface area (Å²) >= 11 is 1.54. The molecule has 1 saturated heterocycles. The number of thioether (sulfide) groups is 1. The van der Waals surface area contributed by atoms with Gasteiger partial charge in [-0.05, 0) is 37.1 Å². The minimum atomic E-state index is -0.264. The van der Waals surface area contributed by atoms with Crippen LogP contribution in [0.3, 0.4) is 0 Å². The van der Waals surface area contributed by atoms with Gasteiger partial charge in [-0.1, -0.05) is 6.07 Å². The second-order valence-electron chi connectivity index (χ2n) is 4.78. The van der Waals surface area contributed by atoms with Gasteiger partial charge >= 0.3 is 0 Å². The molecule has 1 fully saturated rings. The Balaban J connectivity index is 1.95. The molecule has 5 heteroatoms. The van der Waals surface area contributed by atoms with Crippen LogP contribution in [0.1, 0.15) is 17.5 Å². The zero-order valence-electron chi connectivity index (χ0n) is 11.2. The molecule has 0 radical (unpaired) electrons. The molecule has 2 rings (SSSR count). The minimum Gasteiger partial charge on any atom is -0.354 e. The van der Waals surface area contributed by atoms with E-state index in [2.05, 4.69) is 16.7 Å². The first-order chi connectivity index (χ1) is 9.04. The van der Waals surface area contributed by atoms with Crippen LogP contribution in [0.25, 0.3) is 0 Å². The number of hydrogen-bond acceptors (Lipinski definition) is 3. The van der Waals surface area contributed by atoms with Gasteiger partial charge in [-0.2, -0.15) is 0 Å². The van der Waals surface area contributed by atoms with E-state index in [0.29, 0.717) is 6.54 Å². The largest absolute Gasteiger partial charge is 0.354 e. The van der Waals surface area contributed by atoms with E-state index >= 15 is 0 Å². The molecular weight excluding hydrogens is 260 g/mol. The molecule has 1 aliphatic heterocycles. The van der Waals surface area contributed by atoms with E-state index in [-0.39, 0.29) is 23.5 Å². The summed E-state index contributed by atoms with van der Waals surface area (Å²) in [7, 11) is 0. The fraction of sp³-hybridized carbons (Fsp3) is 0.429. The molecule has 0 bridgehead atoms. The van der Waals surface area contributed by atoms with Crippen LogP contribution < -0.4 is 10.6 Å². The summed E-state index contributed by atoms with van der Waals surface area (Å²) in [5.74, 6) is 0.721. The van der Waals surface area contributed by atoms with E-state index in [1.807, 2.05) is 26.0 Å². The lowest BCUT2D eigenvalue weighted by molar-refractivity contribution is -0.123. The predicted molar refractivity (Wildman–Crippen MR) is 78.4 cm³/mol. The zero-order chi connectivity index (χ0) is 13.8. The van der Waals surface area contributed by atoms with Gasteiger partial charge in [0.15, 0.2) is 0 Å². The molecule has 0 unspecified atom stereocenters. The Morgan fingerprint density at radius 3 is 2.68 bits per heavy atom. The van der Waals surface area contributed by atoms with E-state index in [0.717, 1.165) is 22.6 Å². The summed E-state index contributed by atoms with van der Waals surface area (Å²) < 4.78 is 0. The van der Waals surface area contributed by atoms with Gasteiger partial charge < -0.3 is 10.6 Å². The zero-order valence-corrected chi connectivity index (χ0v) is 12.0. The van der Waals surface area contributed by atoms with Crippen molar-refractivity contribution in [2.75, 3.05) is 17.6 Å². The molecule has 2 N–H and O–H groups in total. The Morgan fingerprint density at radius 1 is 1.37 bits per heavy atom. The molecule has 0 aromatic heterocycles. The van der Waals surface area contributed by atoms with Gasteiger partial charge in [-0.25, -0.2) is 0 Å². The second-order valence-corrected chi connectivity index (χ2v) is 6.09. The number of benzene rings is 1. The van der Waals surface area contributed by atoms with Crippen LogP contribution in [-0.4, -0.2) is 29.4 Å². The molecule has 19 heavy (non-hydrogen) atoms. The van der Waals surface area contributed by atoms with Crippen molar-refractivity contribution in [3.05, 3.63) is 29.3 Å². The molecule has 2 amide bonds. The fourth-order valence-corrected chi connectivity index (χ4v) is 3.15. The third-order valence-electron chi connectivity index (χ3n) is 2.89. The van der Waals surface area contributed by atoms with Crippen molar-refractivity contribution < 1.29 is 9.59 Å². The van der Waals surface area contributed by atoms with Gasteiger partial charge in [0.1, 0.15) is 0 Å². The SMILES string of the molecule is Cc1cc(C)cc(NC(=O)C[C@@H]2SCCNC2=O)c1. The maximum absolute atomic E-state index is 11.9. The fourth-order valence-electron chi connectivity index (χ4n) is 2.14. The monoisotopic (exact) mass is 278 g/mol. The van der Waals surface area contributed by atoms with Crippen molar-refractivity contribution in [2.24, 2.45) is 0 Å². The minimum absolute atomic E-state index is 0.0353. The number of carbonyl (C=O) groups is 2. The van der Waals surface area contributed by atoms with Gasteiger partial charge in [0.05, 0.1) is 5.25 Å². The molecular formula is C14H18N2O2S. The van der Waals surface area contributed by atoms with Crippen molar-refractivity contribution in [2.45, 2.75) is 25.5 Å². The van der Waals surface area contributed by atoms with Crippen LogP contribution in [0.4, 0.5) is 5.69 Å². The second kappa shape index (κ2) is 6.10. The lowest BCUT2D eigenvalue weighted by Crippen LogP contribution is -2.40. The van der Waals surface area contributed by atoms with Gasteiger partial charge in [0.25, 0.3) is 0 Å². The van der Waals surface area contributed by atoms with Gasteiger partial charge in [-0.15, -0.1) is 11.8 Å². The summed E-state index contributed by atoms with van der Waals surface area (Å²) in [5, 5.41) is 5.37. The summed E-state index contributed by atoms with van der Waals surface area (Å²) in [5.41, 5.74) is 3.02. The number of carbonyl (C=O) groups excluding carboxylic acids is 2. The van der Waals surface area contributed by atoms with Crippen LogP contribution in [0.5, 0.6) is 0 Å². The Morgan fingerprint density at radius 2 is 2.05 bits per heavy atom. The van der Waals surface area contributed by atoms with Crippen molar-refractivity contribution >= 4 is 29.3 Å². The highest BCUT2D eigenvalue weighted by molar-refractivity contribution is 8.00. The molecule has 1 aliphatic rings. The topological polar surface area (TPSA) is 58.2 Å². The summed E-state index contributed by atoms with van der Waals surface area (Å²) in [6.07, 6.45) is 0.226. The Kier molecular flexibility index (Phi) is 4.47. The number of aryl methyl sites for hydroxylation is 2. The molecule has 1 atom stereocenters. The Hall–Kier alpha value is -1.49. The average Bonchev–Trinajstić information content (AvgIpc) is 2.30. The number of nitrogens with one attached hydrogen (secondary N) is 2. The summed E-state index contributed by atoms with van der Waals surface area (Å²) in [6, 6.07) is 5.91. The first-order valence-electron chi connectivity index (χ1n) is 6.32. The molecule has 1 aromatic carbocycles. The van der Waals surface area contributed by atoms with E-state index in [4.69, 9.17) is 0 Å². The maximum atomic E-state index is 11.9. The van der Waals surface area contributed by atoms with Crippen LogP contribution in [0, 0.1) is 13.8 Å². The van der Waals surface area contributed by atoms with Crippen LogP contribution >= 0.6 is 11.8 Å². The van der Waals surface area contributed by atoms with Crippen LogP contribution in [-0.2, 0) is 9.59 Å². The molecule has 0 saturated carbocycles. The molecule has 1 heterocycles. The highest BCUT2D eigenvalue weighted by Gasteiger charge is 2.25. The van der Waals surface area contributed by atoms with Crippen molar-refractivity contribution in [1.82, 2.24) is 5.32 Å². The number of anilines is 1. The van der Waals surface area contributed by atoms with E-state index in [9.17, 15) is 9.59 Å². The first-order valence-corrected chi connectivity index (χ1v) is 7.37. The first kappa shape index (κ1) is 13.9. The lowest BCUT2D eigenvalue weighted by atomic mass is 10.1. The standard InChI is InChI=1S/C14H18N2O2S/c1-9-5-10(2)7-11(6-9)16-13(17)8-12-14(18)15-3-4-19-12/h5-7,12H,3-4,8H2,1-2H3,(H,15,18)(H,16,17)/t12-/m0/s1. The number of hydrogen-bond donors (Lipinski definition) is 2. The van der Waals surface area contributed by atoms with Gasteiger partial charge in [-0.3, -0.25) is 9.59 Å². The number of rotatable bonds is 3. The van der Waals surface area contributed by atoms with E-state index in [1.54, 1.807) is 11.8 Å². The molecule has 1 aromatic rings. The van der Waals surface area contributed by atoms with Gasteiger partial charge in [0.2, 0.25) is 11.8 Å². The Bertz CT molecular complexity index is 482. The summed E-state index contributed by atoms with van der Waals surface area (Å²) in [4.78, 5) is 23.5.